The van der Waals surface area contributed by atoms with Gasteiger partial charge in [0.2, 0.25) is 0 Å². The first-order valence-electron chi connectivity index (χ1n) is 10.2. The number of hydrogen-bond donors (Lipinski definition) is 0. The topological polar surface area (TPSA) is 47.4 Å². The summed E-state index contributed by atoms with van der Waals surface area (Å²) in [6, 6.07) is 25.8. The molecular formula is C25H25N3O2. The van der Waals surface area contributed by atoms with Gasteiger partial charge in [0, 0.05) is 11.9 Å². The summed E-state index contributed by atoms with van der Waals surface area (Å²) >= 11 is 0. The Morgan fingerprint density at radius 2 is 1.63 bits per heavy atom. The van der Waals surface area contributed by atoms with Crippen LogP contribution in [0.25, 0.3) is 10.8 Å². The van der Waals surface area contributed by atoms with Crippen molar-refractivity contribution in [1.29, 1.82) is 0 Å². The van der Waals surface area contributed by atoms with Gasteiger partial charge in [0.05, 0.1) is 18.3 Å². The van der Waals surface area contributed by atoms with Crippen LogP contribution in [-0.2, 0) is 19.8 Å². The standard InChI is InChI=1S/C25H25N3O2/c1-2-27(19-28-25(29)24-11-7-6-10-22(24)16-26-28)17-20-12-14-23(15-13-20)30-18-21-8-4-3-5-9-21/h3-16H,2,17-19H2,1H3. The molecule has 0 saturated carbocycles. The molecule has 0 aliphatic heterocycles. The van der Waals surface area contributed by atoms with Gasteiger partial charge in [-0.05, 0) is 35.9 Å². The maximum absolute atomic E-state index is 12.7. The first-order valence-corrected chi connectivity index (χ1v) is 10.2. The van der Waals surface area contributed by atoms with Crippen molar-refractivity contribution in [2.75, 3.05) is 6.54 Å². The molecule has 0 amide bonds. The van der Waals surface area contributed by atoms with Gasteiger partial charge in [-0.15, -0.1) is 0 Å². The highest BCUT2D eigenvalue weighted by atomic mass is 16.5. The summed E-state index contributed by atoms with van der Waals surface area (Å²) in [5.74, 6) is 0.845. The van der Waals surface area contributed by atoms with Gasteiger partial charge in [0.25, 0.3) is 5.56 Å². The minimum absolute atomic E-state index is 0.0591. The van der Waals surface area contributed by atoms with Crippen LogP contribution in [-0.4, -0.2) is 21.2 Å². The van der Waals surface area contributed by atoms with E-state index in [4.69, 9.17) is 4.74 Å². The van der Waals surface area contributed by atoms with Crippen LogP contribution in [0.4, 0.5) is 0 Å². The van der Waals surface area contributed by atoms with Gasteiger partial charge in [-0.1, -0.05) is 67.6 Å². The number of benzene rings is 3. The second-order valence-electron chi connectivity index (χ2n) is 7.24. The summed E-state index contributed by atoms with van der Waals surface area (Å²) in [5, 5.41) is 5.91. The highest BCUT2D eigenvalue weighted by Gasteiger charge is 2.09. The minimum atomic E-state index is -0.0591. The molecule has 1 heterocycles. The molecule has 30 heavy (non-hydrogen) atoms. The lowest BCUT2D eigenvalue weighted by Crippen LogP contribution is -2.33. The number of ether oxygens (including phenoxy) is 1. The normalized spacial score (nSPS) is 11.1. The maximum Gasteiger partial charge on any atom is 0.275 e. The van der Waals surface area contributed by atoms with Crippen molar-refractivity contribution in [2.45, 2.75) is 26.7 Å². The minimum Gasteiger partial charge on any atom is -0.489 e. The molecule has 0 aliphatic carbocycles. The second-order valence-corrected chi connectivity index (χ2v) is 7.24. The Morgan fingerprint density at radius 1 is 0.900 bits per heavy atom. The monoisotopic (exact) mass is 399 g/mol. The zero-order valence-electron chi connectivity index (χ0n) is 17.1. The zero-order chi connectivity index (χ0) is 20.8. The SMILES string of the molecule is CCN(Cc1ccc(OCc2ccccc2)cc1)Cn1ncc2ccccc2c1=O. The Bertz CT molecular complexity index is 1150. The molecule has 0 radical (unpaired) electrons. The summed E-state index contributed by atoms with van der Waals surface area (Å²) in [7, 11) is 0. The van der Waals surface area contributed by atoms with Crippen LogP contribution in [0.15, 0.2) is 89.9 Å². The third kappa shape index (κ3) is 4.75. The molecule has 0 bridgehead atoms. The Balaban J connectivity index is 1.40. The van der Waals surface area contributed by atoms with Crippen molar-refractivity contribution >= 4 is 10.8 Å². The van der Waals surface area contributed by atoms with Crippen LogP contribution in [0.3, 0.4) is 0 Å². The highest BCUT2D eigenvalue weighted by molar-refractivity contribution is 5.80. The van der Waals surface area contributed by atoms with Crippen molar-refractivity contribution in [3.8, 4) is 5.75 Å². The molecule has 0 spiro atoms. The van der Waals surface area contributed by atoms with E-state index in [-0.39, 0.29) is 5.56 Å². The van der Waals surface area contributed by atoms with E-state index >= 15 is 0 Å². The van der Waals surface area contributed by atoms with Crippen LogP contribution in [0.2, 0.25) is 0 Å². The van der Waals surface area contributed by atoms with Crippen LogP contribution in [0, 0.1) is 0 Å². The molecule has 0 atom stereocenters. The van der Waals surface area contributed by atoms with E-state index in [1.807, 2.05) is 54.6 Å². The van der Waals surface area contributed by atoms with Crippen molar-refractivity contribution in [3.05, 3.63) is 107 Å². The zero-order valence-corrected chi connectivity index (χ0v) is 17.1. The van der Waals surface area contributed by atoms with Crippen molar-refractivity contribution in [1.82, 2.24) is 14.7 Å². The summed E-state index contributed by atoms with van der Waals surface area (Å²) in [5.41, 5.74) is 2.25. The van der Waals surface area contributed by atoms with Gasteiger partial charge in [0.15, 0.2) is 0 Å². The molecule has 5 heteroatoms. The Kier molecular flexibility index (Phi) is 6.20. The second kappa shape index (κ2) is 9.37. The molecule has 4 aromatic rings. The molecule has 4 rings (SSSR count). The van der Waals surface area contributed by atoms with Crippen molar-refractivity contribution < 1.29 is 4.74 Å². The average Bonchev–Trinajstić information content (AvgIpc) is 2.80. The van der Waals surface area contributed by atoms with E-state index in [2.05, 4.69) is 41.2 Å². The van der Waals surface area contributed by atoms with Gasteiger partial charge in [-0.2, -0.15) is 5.10 Å². The Morgan fingerprint density at radius 3 is 2.40 bits per heavy atom. The highest BCUT2D eigenvalue weighted by Crippen LogP contribution is 2.16. The largest absolute Gasteiger partial charge is 0.489 e. The molecule has 5 nitrogen and oxygen atoms in total. The van der Waals surface area contributed by atoms with Crippen molar-refractivity contribution in [2.24, 2.45) is 0 Å². The van der Waals surface area contributed by atoms with E-state index in [0.717, 1.165) is 35.4 Å². The van der Waals surface area contributed by atoms with Gasteiger partial charge in [-0.3, -0.25) is 9.69 Å². The quantitative estimate of drug-likeness (QED) is 0.439. The molecule has 1 aromatic heterocycles. The smallest absolute Gasteiger partial charge is 0.275 e. The van der Waals surface area contributed by atoms with Crippen LogP contribution in [0.5, 0.6) is 5.75 Å². The molecular weight excluding hydrogens is 374 g/mol. The van der Waals surface area contributed by atoms with E-state index in [1.165, 1.54) is 4.68 Å². The van der Waals surface area contributed by atoms with E-state index in [1.54, 1.807) is 6.20 Å². The molecule has 0 saturated heterocycles. The number of hydrogen-bond acceptors (Lipinski definition) is 4. The number of rotatable bonds is 8. The van der Waals surface area contributed by atoms with Crippen LogP contribution < -0.4 is 10.3 Å². The number of nitrogens with zero attached hydrogens (tertiary/aromatic N) is 3. The molecule has 152 valence electrons. The first kappa shape index (κ1) is 19.9. The van der Waals surface area contributed by atoms with E-state index in [0.29, 0.717) is 18.7 Å². The summed E-state index contributed by atoms with van der Waals surface area (Å²) in [6.07, 6.45) is 1.75. The van der Waals surface area contributed by atoms with Gasteiger partial charge < -0.3 is 4.74 Å². The first-order chi connectivity index (χ1) is 14.7. The molecule has 0 N–H and O–H groups in total. The average molecular weight is 399 g/mol. The molecule has 0 unspecified atom stereocenters. The predicted molar refractivity (Wildman–Crippen MR) is 119 cm³/mol. The third-order valence-corrected chi connectivity index (χ3v) is 5.12. The lowest BCUT2D eigenvalue weighted by molar-refractivity contribution is 0.205. The predicted octanol–water partition coefficient (Wildman–Crippen LogP) is 4.46. The van der Waals surface area contributed by atoms with Gasteiger partial charge >= 0.3 is 0 Å². The summed E-state index contributed by atoms with van der Waals surface area (Å²) in [6.45, 7) is 4.64. The van der Waals surface area contributed by atoms with Crippen molar-refractivity contribution in [3.63, 3.8) is 0 Å². The summed E-state index contributed by atoms with van der Waals surface area (Å²) < 4.78 is 7.39. The Hall–Kier alpha value is -3.44. The third-order valence-electron chi connectivity index (χ3n) is 5.12. The lowest BCUT2D eigenvalue weighted by Gasteiger charge is -2.21. The molecule has 0 aliphatic rings. The molecule has 0 fully saturated rings. The lowest BCUT2D eigenvalue weighted by atomic mass is 10.2. The van der Waals surface area contributed by atoms with Gasteiger partial charge in [0.1, 0.15) is 12.4 Å². The van der Waals surface area contributed by atoms with Gasteiger partial charge in [-0.25, -0.2) is 4.68 Å². The fourth-order valence-electron chi connectivity index (χ4n) is 3.37. The molecule has 3 aromatic carbocycles. The fraction of sp³-hybridized carbons (Fsp3) is 0.200. The maximum atomic E-state index is 12.7. The number of aromatic nitrogens is 2. The summed E-state index contributed by atoms with van der Waals surface area (Å²) in [4.78, 5) is 14.9. The van der Waals surface area contributed by atoms with Crippen LogP contribution >= 0.6 is 0 Å². The van der Waals surface area contributed by atoms with E-state index in [9.17, 15) is 4.79 Å². The number of fused-ring (bicyclic) bond motifs is 1. The Labute approximate surface area is 176 Å². The van der Waals surface area contributed by atoms with Crippen LogP contribution in [0.1, 0.15) is 18.1 Å². The van der Waals surface area contributed by atoms with E-state index < -0.39 is 0 Å². The fourth-order valence-corrected chi connectivity index (χ4v) is 3.37.